The van der Waals surface area contributed by atoms with Crippen LogP contribution in [0.4, 0.5) is 40.1 Å². The molecule has 0 radical (unpaired) electrons. The summed E-state index contributed by atoms with van der Waals surface area (Å²) in [6, 6.07) is 8.03. The first-order chi connectivity index (χ1) is 24.1. The fourth-order valence-corrected chi connectivity index (χ4v) is 7.55. The highest BCUT2D eigenvalue weighted by molar-refractivity contribution is 7.91. The molecule has 3 aromatic rings. The van der Waals surface area contributed by atoms with Crippen LogP contribution in [0.25, 0.3) is 0 Å². The van der Waals surface area contributed by atoms with Crippen LogP contribution in [-0.2, 0) is 39.9 Å². The van der Waals surface area contributed by atoms with Gasteiger partial charge in [0.1, 0.15) is 16.3 Å². The van der Waals surface area contributed by atoms with Crippen molar-refractivity contribution in [3.63, 3.8) is 0 Å². The summed E-state index contributed by atoms with van der Waals surface area (Å²) in [6.07, 6.45) is 0. The summed E-state index contributed by atoms with van der Waals surface area (Å²) in [6.45, 7) is 0.163. The van der Waals surface area contributed by atoms with Crippen molar-refractivity contribution >= 4 is 80.0 Å². The van der Waals surface area contributed by atoms with E-state index >= 15 is 0 Å². The van der Waals surface area contributed by atoms with Crippen LogP contribution >= 0.6 is 0 Å². The number of aromatic nitrogens is 1. The molecule has 0 saturated heterocycles. The molecule has 20 nitrogen and oxygen atoms in total. The Morgan fingerprint density at radius 2 is 1.17 bits per heavy atom. The summed E-state index contributed by atoms with van der Waals surface area (Å²) in [5.41, 5.74) is 6.38. The maximum atomic E-state index is 12.4. The zero-order chi connectivity index (χ0) is 39.1. The van der Waals surface area contributed by atoms with Gasteiger partial charge in [-0.15, -0.1) is 10.2 Å². The van der Waals surface area contributed by atoms with Crippen LogP contribution in [0.3, 0.4) is 0 Å². The molecular weight excluding hydrogens is 769 g/mol. The van der Waals surface area contributed by atoms with Crippen LogP contribution in [0.15, 0.2) is 72.7 Å². The van der Waals surface area contributed by atoms with E-state index < -0.39 is 75.3 Å². The lowest BCUT2D eigenvalue weighted by molar-refractivity contribution is 0.319. The molecule has 0 unspecified atom stereocenters. The smallest absolute Gasteiger partial charge is 0.296 e. The first-order valence-corrected chi connectivity index (χ1v) is 21.5. The lowest BCUT2D eigenvalue weighted by Gasteiger charge is -2.26. The number of hydrogen-bond acceptors (Lipinski definition) is 18. The molecule has 52 heavy (non-hydrogen) atoms. The number of nitrogens with zero attached hydrogens (tertiary/aromatic N) is 7. The molecule has 0 aliphatic rings. The second kappa shape index (κ2) is 17.1. The zero-order valence-corrected chi connectivity index (χ0v) is 31.4. The summed E-state index contributed by atoms with van der Waals surface area (Å²) < 4.78 is 115. The molecule has 0 saturated carbocycles. The van der Waals surface area contributed by atoms with E-state index in [9.17, 15) is 38.2 Å². The first-order valence-electron chi connectivity index (χ1n) is 15.0. The van der Waals surface area contributed by atoms with Crippen molar-refractivity contribution in [1.29, 1.82) is 0 Å². The normalized spacial score (nSPS) is 12.9. The molecule has 3 rings (SSSR count). The molecule has 24 heteroatoms. The van der Waals surface area contributed by atoms with E-state index in [0.29, 0.717) is 0 Å². The number of pyridine rings is 1. The highest BCUT2D eigenvalue weighted by Crippen LogP contribution is 2.40. The Labute approximate surface area is 301 Å². The van der Waals surface area contributed by atoms with Crippen molar-refractivity contribution in [1.82, 2.24) is 4.98 Å². The van der Waals surface area contributed by atoms with Gasteiger partial charge < -0.3 is 25.7 Å². The number of nitrogens with two attached hydrogens (primary N) is 1. The van der Waals surface area contributed by atoms with Crippen LogP contribution in [0, 0.1) is 6.92 Å². The van der Waals surface area contributed by atoms with Gasteiger partial charge >= 0.3 is 0 Å². The van der Waals surface area contributed by atoms with Gasteiger partial charge in [-0.25, -0.2) is 21.8 Å². The number of sulfone groups is 2. The van der Waals surface area contributed by atoms with Crippen LogP contribution < -0.4 is 15.5 Å². The second-order valence-electron chi connectivity index (χ2n) is 11.2. The summed E-state index contributed by atoms with van der Waals surface area (Å²) in [4.78, 5) is 6.29. The third kappa shape index (κ3) is 11.7. The molecule has 0 aliphatic carbocycles. The molecule has 1 heterocycles. The van der Waals surface area contributed by atoms with Crippen molar-refractivity contribution in [2.45, 2.75) is 16.7 Å². The highest BCUT2D eigenvalue weighted by Gasteiger charge is 2.24. The SMILES string of the molecule is Cc1c(N)c(N(C)CCS(=O)(=O)CCO)nc(N(C)CCS(=O)(=O)CCO)c1N=Nc1ccc(N=Nc2ccc(S(=O)(=O)O)cc2)cc1S(=O)(=O)O. The monoisotopic (exact) mass is 806 g/mol. The molecule has 6 N–H and O–H groups in total. The molecule has 0 bridgehead atoms. The minimum absolute atomic E-state index is 0.0218. The highest BCUT2D eigenvalue weighted by atomic mass is 32.2. The van der Waals surface area contributed by atoms with Gasteiger partial charge in [0.25, 0.3) is 20.2 Å². The fourth-order valence-electron chi connectivity index (χ4n) is 4.36. The fraction of sp³-hybridized carbons (Fsp3) is 0.393. The lowest BCUT2D eigenvalue weighted by Crippen LogP contribution is -2.31. The predicted molar refractivity (Wildman–Crippen MR) is 192 cm³/mol. The average Bonchev–Trinajstić information content (AvgIpc) is 3.05. The number of hydrogen-bond donors (Lipinski definition) is 5. The van der Waals surface area contributed by atoms with E-state index in [-0.39, 0.29) is 69.4 Å². The van der Waals surface area contributed by atoms with E-state index in [1.165, 1.54) is 49.0 Å². The molecular formula is C28H38N8O12S4. The summed E-state index contributed by atoms with van der Waals surface area (Å²) >= 11 is 0. The largest absolute Gasteiger partial charge is 0.395 e. The molecule has 0 fully saturated rings. The maximum absolute atomic E-state index is 12.4. The average molecular weight is 807 g/mol. The van der Waals surface area contributed by atoms with Gasteiger partial charge in [-0.3, -0.25) is 9.11 Å². The van der Waals surface area contributed by atoms with Gasteiger partial charge in [-0.2, -0.15) is 27.1 Å². The van der Waals surface area contributed by atoms with E-state index in [1.807, 2.05) is 0 Å². The van der Waals surface area contributed by atoms with E-state index in [1.54, 1.807) is 0 Å². The number of rotatable bonds is 18. The number of azo groups is 2. The second-order valence-corrected chi connectivity index (χ2v) is 18.7. The minimum atomic E-state index is -4.94. The quantitative estimate of drug-likeness (QED) is 0.0906. The molecule has 0 amide bonds. The van der Waals surface area contributed by atoms with Crippen LogP contribution in [0.5, 0.6) is 0 Å². The first kappa shape index (κ1) is 42.2. The Balaban J connectivity index is 2.08. The molecule has 286 valence electrons. The topological polar surface area (TPSA) is 312 Å². The number of nitrogen functional groups attached to an aromatic ring is 1. The standard InChI is InChI=1S/C28H38N8O12S4/c1-19-25(29)27(35(2)10-14-49(39,40)16-12-37)30-28(36(3)11-15-50(41,42)17-13-38)26(19)34-33-23-9-6-21(18-24(23)52(46,47)48)32-31-20-4-7-22(8-5-20)51(43,44)45/h4-9,18,37-38H,10-17,29H2,1-3H3,(H,43,44,45)(H,46,47,48). The number of benzene rings is 2. The Bertz CT molecular complexity index is 2270. The number of aliphatic hydroxyl groups is 2. The number of aliphatic hydroxyl groups excluding tert-OH is 2. The van der Waals surface area contributed by atoms with Gasteiger partial charge in [0.2, 0.25) is 0 Å². The van der Waals surface area contributed by atoms with Gasteiger partial charge in [0, 0.05) is 32.7 Å². The van der Waals surface area contributed by atoms with E-state index in [4.69, 9.17) is 20.5 Å². The van der Waals surface area contributed by atoms with Crippen molar-refractivity contribution in [3.05, 3.63) is 48.0 Å². The predicted octanol–water partition coefficient (Wildman–Crippen LogP) is 1.98. The van der Waals surface area contributed by atoms with E-state index in [0.717, 1.165) is 24.3 Å². The van der Waals surface area contributed by atoms with Crippen LogP contribution in [-0.4, -0.2) is 121 Å². The van der Waals surface area contributed by atoms with Crippen molar-refractivity contribution in [3.8, 4) is 0 Å². The van der Waals surface area contributed by atoms with Gasteiger partial charge in [0.15, 0.2) is 31.3 Å². The lowest BCUT2D eigenvalue weighted by atomic mass is 10.1. The maximum Gasteiger partial charge on any atom is 0.296 e. The molecule has 2 aromatic carbocycles. The number of anilines is 3. The third-order valence-corrected chi connectivity index (χ3v) is 12.3. The Morgan fingerprint density at radius 1 is 0.673 bits per heavy atom. The summed E-state index contributed by atoms with van der Waals surface area (Å²) in [5, 5.41) is 34.2. The van der Waals surface area contributed by atoms with Gasteiger partial charge in [-0.05, 0) is 49.4 Å². The van der Waals surface area contributed by atoms with Crippen molar-refractivity contribution < 1.29 is 53.0 Å². The third-order valence-electron chi connectivity index (χ3n) is 7.32. The van der Waals surface area contributed by atoms with Gasteiger partial charge in [0.05, 0.1) is 58.2 Å². The van der Waals surface area contributed by atoms with Crippen molar-refractivity contribution in [2.24, 2.45) is 20.5 Å². The molecule has 0 atom stereocenters. The van der Waals surface area contributed by atoms with Crippen molar-refractivity contribution in [2.75, 3.05) is 78.9 Å². The molecule has 1 aromatic heterocycles. The Morgan fingerprint density at radius 3 is 1.67 bits per heavy atom. The summed E-state index contributed by atoms with van der Waals surface area (Å²) in [5.74, 6) is -1.53. The Kier molecular flexibility index (Phi) is 13.9. The van der Waals surface area contributed by atoms with Crippen LogP contribution in [0.2, 0.25) is 0 Å². The Hall–Kier alpha value is -4.17. The molecule has 0 aliphatic heterocycles. The van der Waals surface area contributed by atoms with E-state index in [2.05, 4.69) is 25.4 Å². The molecule has 0 spiro atoms. The van der Waals surface area contributed by atoms with Crippen LogP contribution in [0.1, 0.15) is 5.56 Å². The zero-order valence-electron chi connectivity index (χ0n) is 28.1. The van der Waals surface area contributed by atoms with Gasteiger partial charge in [-0.1, -0.05) is 0 Å². The summed E-state index contributed by atoms with van der Waals surface area (Å²) in [7, 11) is -13.7. The minimum Gasteiger partial charge on any atom is -0.395 e.